The van der Waals surface area contributed by atoms with Gasteiger partial charge in [-0.2, -0.15) is 8.42 Å². The normalized spacial score (nSPS) is 40.7. The van der Waals surface area contributed by atoms with Gasteiger partial charge in [-0.3, -0.25) is 8.98 Å². The second-order valence-electron chi connectivity index (χ2n) is 13.8. The summed E-state index contributed by atoms with van der Waals surface area (Å²) >= 11 is 0. The number of methoxy groups -OCH3 is 1. The third kappa shape index (κ3) is 5.10. The molecule has 0 amide bonds. The van der Waals surface area contributed by atoms with Gasteiger partial charge in [-0.1, -0.05) is 38.5 Å². The number of fused-ring (bicyclic) bond motifs is 5. The summed E-state index contributed by atoms with van der Waals surface area (Å²) in [5.74, 6) is 2.63. The first-order chi connectivity index (χ1) is 18.4. The van der Waals surface area contributed by atoms with Crippen molar-refractivity contribution >= 4 is 16.1 Å². The van der Waals surface area contributed by atoms with Crippen molar-refractivity contribution in [3.8, 4) is 0 Å². The van der Waals surface area contributed by atoms with Gasteiger partial charge in [0.1, 0.15) is 0 Å². The van der Waals surface area contributed by atoms with Gasteiger partial charge in [0.05, 0.1) is 24.2 Å². The molecule has 0 aliphatic heterocycles. The number of aliphatic hydroxyl groups is 1. The van der Waals surface area contributed by atoms with Crippen LogP contribution in [0.15, 0.2) is 29.2 Å². The summed E-state index contributed by atoms with van der Waals surface area (Å²) in [4.78, 5) is 12.0. The summed E-state index contributed by atoms with van der Waals surface area (Å²) in [5, 5.41) is 11.8. The van der Waals surface area contributed by atoms with Gasteiger partial charge in [-0.25, -0.2) is 0 Å². The van der Waals surface area contributed by atoms with E-state index in [4.69, 9.17) is 8.92 Å². The monoisotopic (exact) mass is 560 g/mol. The topological polar surface area (TPSA) is 89.9 Å². The second kappa shape index (κ2) is 10.8. The maximum atomic E-state index is 13.0. The lowest BCUT2D eigenvalue weighted by molar-refractivity contribution is -0.173. The highest BCUT2D eigenvalue weighted by Gasteiger charge is 2.63. The Labute approximate surface area is 235 Å². The fourth-order valence-electron chi connectivity index (χ4n) is 9.82. The molecule has 5 rings (SSSR count). The van der Waals surface area contributed by atoms with Crippen molar-refractivity contribution < 1.29 is 27.2 Å². The number of hydrogen-bond donors (Lipinski definition) is 1. The smallest absolute Gasteiger partial charge is 0.305 e. The highest BCUT2D eigenvalue weighted by Crippen LogP contribution is 2.68. The highest BCUT2D eigenvalue weighted by atomic mass is 32.2. The van der Waals surface area contributed by atoms with Crippen LogP contribution in [0, 0.1) is 53.3 Å². The van der Waals surface area contributed by atoms with E-state index in [9.17, 15) is 18.3 Å². The zero-order valence-electron chi connectivity index (χ0n) is 24.4. The standard InChI is InChI=1S/C32H48O6S/c1-20-6-10-24(11-7-20)39(35,36)38-23-16-17-31(3)22(18-23)9-12-25-27-14-13-26(21(2)8-15-30(34)37-5)32(27,4)29(33)19-28(25)31/h6-7,10-11,21-23,25-29,33H,8-9,12-19H2,1-5H3/t21-,22+,23-,25-,26+,27-,28-,29-,31-,32+/m0/s1. The van der Waals surface area contributed by atoms with E-state index in [1.54, 1.807) is 12.1 Å². The molecule has 1 aromatic rings. The molecule has 0 aromatic heterocycles. The quantitative estimate of drug-likeness (QED) is 0.311. The van der Waals surface area contributed by atoms with Crippen molar-refractivity contribution in [2.75, 3.05) is 7.11 Å². The number of hydrogen-bond acceptors (Lipinski definition) is 6. The van der Waals surface area contributed by atoms with E-state index in [1.165, 1.54) is 7.11 Å². The molecule has 4 aliphatic rings. The SMILES string of the molecule is COC(=O)CC[C@H](C)[C@H]1CC[C@H]2[C@@H]3CC[C@@H]4C[C@@H](OS(=O)(=O)c5ccc(C)cc5)CC[C@]4(C)[C@H]3C[C@H](O)[C@]12C. The fraction of sp³-hybridized carbons (Fsp3) is 0.781. The number of esters is 1. The zero-order valence-corrected chi connectivity index (χ0v) is 25.2. The molecule has 4 fully saturated rings. The van der Waals surface area contributed by atoms with Crippen LogP contribution in [0.3, 0.4) is 0 Å². The van der Waals surface area contributed by atoms with E-state index in [1.807, 2.05) is 19.1 Å². The van der Waals surface area contributed by atoms with Crippen molar-refractivity contribution in [1.29, 1.82) is 0 Å². The number of ether oxygens (including phenoxy) is 1. The summed E-state index contributed by atoms with van der Waals surface area (Å²) in [5.41, 5.74) is 1.02. The van der Waals surface area contributed by atoms with Gasteiger partial charge in [-0.05, 0) is 123 Å². The van der Waals surface area contributed by atoms with Gasteiger partial charge < -0.3 is 9.84 Å². The Morgan fingerprint density at radius 3 is 2.46 bits per heavy atom. The molecule has 4 aliphatic carbocycles. The van der Waals surface area contributed by atoms with E-state index >= 15 is 0 Å². The minimum atomic E-state index is -3.78. The Bertz CT molecular complexity index is 1150. The summed E-state index contributed by atoms with van der Waals surface area (Å²) in [7, 11) is -2.33. The summed E-state index contributed by atoms with van der Waals surface area (Å²) in [6.45, 7) is 8.95. The van der Waals surface area contributed by atoms with Crippen LogP contribution < -0.4 is 0 Å². The van der Waals surface area contributed by atoms with Gasteiger partial charge in [0.15, 0.2) is 0 Å². The number of aliphatic hydroxyl groups excluding tert-OH is 1. The number of benzene rings is 1. The largest absolute Gasteiger partial charge is 0.469 e. The van der Waals surface area contributed by atoms with Crippen LogP contribution in [0.1, 0.15) is 90.5 Å². The van der Waals surface area contributed by atoms with Gasteiger partial charge >= 0.3 is 5.97 Å². The van der Waals surface area contributed by atoms with Crippen molar-refractivity contribution in [3.05, 3.63) is 29.8 Å². The molecule has 0 heterocycles. The molecule has 0 bridgehead atoms. The van der Waals surface area contributed by atoms with Crippen LogP contribution in [-0.4, -0.2) is 38.8 Å². The Hall–Kier alpha value is -1.44. The second-order valence-corrected chi connectivity index (χ2v) is 15.4. The van der Waals surface area contributed by atoms with Gasteiger partial charge in [-0.15, -0.1) is 0 Å². The molecule has 1 N–H and O–H groups in total. The molecular weight excluding hydrogens is 512 g/mol. The van der Waals surface area contributed by atoms with E-state index in [0.29, 0.717) is 41.9 Å². The van der Waals surface area contributed by atoms with Crippen LogP contribution in [0.2, 0.25) is 0 Å². The van der Waals surface area contributed by atoms with Crippen LogP contribution >= 0.6 is 0 Å². The molecule has 39 heavy (non-hydrogen) atoms. The van der Waals surface area contributed by atoms with E-state index in [-0.39, 0.29) is 33.9 Å². The van der Waals surface area contributed by atoms with Crippen LogP contribution in [0.4, 0.5) is 0 Å². The van der Waals surface area contributed by atoms with Crippen molar-refractivity contribution in [2.45, 2.75) is 109 Å². The molecule has 7 heteroatoms. The minimum Gasteiger partial charge on any atom is -0.469 e. The maximum Gasteiger partial charge on any atom is 0.305 e. The first kappa shape index (κ1) is 29.1. The molecule has 10 atom stereocenters. The Morgan fingerprint density at radius 1 is 1.05 bits per heavy atom. The lowest BCUT2D eigenvalue weighted by Gasteiger charge is -2.62. The van der Waals surface area contributed by atoms with Gasteiger partial charge in [0, 0.05) is 6.42 Å². The molecule has 0 unspecified atom stereocenters. The van der Waals surface area contributed by atoms with Crippen molar-refractivity contribution in [1.82, 2.24) is 0 Å². The van der Waals surface area contributed by atoms with E-state index in [0.717, 1.165) is 63.4 Å². The maximum absolute atomic E-state index is 13.0. The summed E-state index contributed by atoms with van der Waals surface area (Å²) in [6, 6.07) is 6.89. The van der Waals surface area contributed by atoms with E-state index in [2.05, 4.69) is 20.8 Å². The number of rotatable bonds is 7. The summed E-state index contributed by atoms with van der Waals surface area (Å²) in [6.07, 6.45) is 8.46. The molecule has 6 nitrogen and oxygen atoms in total. The minimum absolute atomic E-state index is 0.104. The molecule has 218 valence electrons. The predicted octanol–water partition coefficient (Wildman–Crippen LogP) is 6.29. The number of aryl methyl sites for hydroxylation is 1. The number of carbonyl (C=O) groups is 1. The van der Waals surface area contributed by atoms with Crippen molar-refractivity contribution in [2.24, 2.45) is 46.3 Å². The third-order valence-electron chi connectivity index (χ3n) is 12.1. The Kier molecular flexibility index (Phi) is 8.02. The number of carbonyl (C=O) groups excluding carboxylic acids is 1. The third-order valence-corrected chi connectivity index (χ3v) is 13.5. The predicted molar refractivity (Wildman–Crippen MR) is 150 cm³/mol. The first-order valence-corrected chi connectivity index (χ1v) is 16.6. The lowest BCUT2D eigenvalue weighted by Crippen LogP contribution is -2.59. The average Bonchev–Trinajstić information content (AvgIpc) is 3.26. The molecular formula is C32H48O6S. The van der Waals surface area contributed by atoms with Crippen molar-refractivity contribution in [3.63, 3.8) is 0 Å². The van der Waals surface area contributed by atoms with Crippen LogP contribution in [-0.2, 0) is 23.8 Å². The Balaban J connectivity index is 1.28. The summed E-state index contributed by atoms with van der Waals surface area (Å²) < 4.78 is 36.7. The van der Waals surface area contributed by atoms with Crippen LogP contribution in [0.25, 0.3) is 0 Å². The zero-order chi connectivity index (χ0) is 28.2. The molecule has 4 saturated carbocycles. The molecule has 0 radical (unpaired) electrons. The molecule has 1 aromatic carbocycles. The average molecular weight is 561 g/mol. The van der Waals surface area contributed by atoms with Crippen LogP contribution in [0.5, 0.6) is 0 Å². The molecule has 0 saturated heterocycles. The van der Waals surface area contributed by atoms with Gasteiger partial charge in [0.2, 0.25) is 0 Å². The first-order valence-electron chi connectivity index (χ1n) is 15.1. The lowest BCUT2D eigenvalue weighted by atomic mass is 9.43. The van der Waals surface area contributed by atoms with Gasteiger partial charge in [0.25, 0.3) is 10.1 Å². The van der Waals surface area contributed by atoms with E-state index < -0.39 is 10.1 Å². The fourth-order valence-corrected chi connectivity index (χ4v) is 10.9. The highest BCUT2D eigenvalue weighted by molar-refractivity contribution is 7.86. The molecule has 0 spiro atoms. The Morgan fingerprint density at radius 2 is 1.77 bits per heavy atom.